The third-order valence-electron chi connectivity index (χ3n) is 6.27. The van der Waals surface area contributed by atoms with Gasteiger partial charge < -0.3 is 5.11 Å². The average Bonchev–Trinajstić information content (AvgIpc) is 2.78. The fourth-order valence-electron chi connectivity index (χ4n) is 4.11. The molecule has 0 radical (unpaired) electrons. The van der Waals surface area contributed by atoms with E-state index in [1.54, 1.807) is 0 Å². The Morgan fingerprint density at radius 2 is 1.61 bits per heavy atom. The molecule has 0 saturated carbocycles. The van der Waals surface area contributed by atoms with Crippen LogP contribution >= 0.6 is 8.58 Å². The van der Waals surface area contributed by atoms with Gasteiger partial charge in [0.15, 0.2) is 0 Å². The Labute approximate surface area is 202 Å². The van der Waals surface area contributed by atoms with Crippen molar-refractivity contribution >= 4 is 25.8 Å². The van der Waals surface area contributed by atoms with E-state index in [4.69, 9.17) is 4.99 Å². The van der Waals surface area contributed by atoms with E-state index >= 15 is 0 Å². The molecule has 3 aromatic rings. The Hall–Kier alpha value is -2.44. The zero-order valence-corrected chi connectivity index (χ0v) is 21.9. The second-order valence-electron chi connectivity index (χ2n) is 10.2. The number of unbranched alkanes of at least 4 members (excludes halogenated alkanes) is 1. The van der Waals surface area contributed by atoms with Crippen LogP contribution in [-0.4, -0.2) is 11.3 Å². The first-order valence-corrected chi connectivity index (χ1v) is 12.9. The van der Waals surface area contributed by atoms with Gasteiger partial charge in [0, 0.05) is 22.5 Å². The molecule has 3 heteroatoms. The molecule has 0 fully saturated rings. The van der Waals surface area contributed by atoms with Crippen LogP contribution < -0.4 is 5.30 Å². The summed E-state index contributed by atoms with van der Waals surface area (Å²) in [7, 11) is 0.523. The molecular weight excluding hydrogens is 421 g/mol. The van der Waals surface area contributed by atoms with Gasteiger partial charge in [0.1, 0.15) is 5.75 Å². The molecule has 0 amide bonds. The molecule has 0 aliphatic rings. The molecule has 2 nitrogen and oxygen atoms in total. The number of benzene rings is 3. The van der Waals surface area contributed by atoms with E-state index in [1.165, 1.54) is 10.9 Å². The van der Waals surface area contributed by atoms with Crippen LogP contribution in [-0.2, 0) is 10.6 Å². The van der Waals surface area contributed by atoms with Gasteiger partial charge in [-0.25, -0.2) is 0 Å². The van der Waals surface area contributed by atoms with E-state index in [0.717, 1.165) is 41.6 Å². The van der Waals surface area contributed by atoms with Crippen molar-refractivity contribution in [3.8, 4) is 5.75 Å². The van der Waals surface area contributed by atoms with Gasteiger partial charge in [-0.15, -0.1) is 0 Å². The van der Waals surface area contributed by atoms with Gasteiger partial charge in [-0.05, 0) is 47.3 Å². The summed E-state index contributed by atoms with van der Waals surface area (Å²) in [5.41, 5.74) is 5.45. The van der Waals surface area contributed by atoms with Gasteiger partial charge >= 0.3 is 0 Å². The molecule has 2 unspecified atom stereocenters. The normalized spacial score (nSPS) is 14.2. The standard InChI is InChI=1S/C30H38NOP/c1-7-8-18-30(6,26-20-24(29(3,4)5)19-22(2)28(26)32)33-27-17-13-12-14-23(27)21-31-25-15-10-9-11-16-25/h9-17,19-21,32-33H,7-8,18H2,1-6H3/b31-21+. The molecule has 0 heterocycles. The molecule has 0 aliphatic heterocycles. The highest BCUT2D eigenvalue weighted by molar-refractivity contribution is 7.48. The Morgan fingerprint density at radius 1 is 0.939 bits per heavy atom. The van der Waals surface area contributed by atoms with Crippen LogP contribution in [0.15, 0.2) is 71.7 Å². The number of aliphatic imine (C=N–C) groups is 1. The third kappa shape index (κ3) is 6.33. The first-order chi connectivity index (χ1) is 15.6. The predicted molar refractivity (Wildman–Crippen MR) is 147 cm³/mol. The van der Waals surface area contributed by atoms with Crippen LogP contribution in [0, 0.1) is 6.92 Å². The second-order valence-corrected chi connectivity index (χ2v) is 12.1. The average molecular weight is 460 g/mol. The minimum Gasteiger partial charge on any atom is -0.507 e. The molecule has 174 valence electrons. The lowest BCUT2D eigenvalue weighted by atomic mass is 9.82. The lowest BCUT2D eigenvalue weighted by Crippen LogP contribution is -2.23. The minimum absolute atomic E-state index is 0.0300. The van der Waals surface area contributed by atoms with Crippen LogP contribution in [0.2, 0.25) is 0 Å². The largest absolute Gasteiger partial charge is 0.507 e. The van der Waals surface area contributed by atoms with Gasteiger partial charge in [-0.2, -0.15) is 0 Å². The molecule has 3 rings (SSSR count). The minimum atomic E-state index is -0.150. The van der Waals surface area contributed by atoms with Crippen LogP contribution in [0.3, 0.4) is 0 Å². The van der Waals surface area contributed by atoms with Gasteiger partial charge in [-0.1, -0.05) is 111 Å². The van der Waals surface area contributed by atoms with Gasteiger partial charge in [0.25, 0.3) is 0 Å². The molecule has 0 aromatic heterocycles. The van der Waals surface area contributed by atoms with Crippen LogP contribution in [0.4, 0.5) is 5.69 Å². The molecule has 0 bridgehead atoms. The van der Waals surface area contributed by atoms with Crippen LogP contribution in [0.5, 0.6) is 5.75 Å². The Morgan fingerprint density at radius 3 is 2.27 bits per heavy atom. The zero-order valence-electron chi connectivity index (χ0n) is 20.9. The molecule has 0 saturated heterocycles. The van der Waals surface area contributed by atoms with E-state index in [2.05, 4.69) is 71.0 Å². The van der Waals surface area contributed by atoms with E-state index in [0.29, 0.717) is 14.3 Å². The molecular formula is C30H38NOP. The summed E-state index contributed by atoms with van der Waals surface area (Å²) >= 11 is 0. The van der Waals surface area contributed by atoms with Crippen molar-refractivity contribution in [3.05, 3.63) is 89.0 Å². The second kappa shape index (κ2) is 10.7. The lowest BCUT2D eigenvalue weighted by Gasteiger charge is -2.34. The first-order valence-electron chi connectivity index (χ1n) is 11.9. The number of hydrogen-bond donors (Lipinski definition) is 1. The first kappa shape index (κ1) is 25.2. The Bertz CT molecular complexity index is 1100. The van der Waals surface area contributed by atoms with Crippen LogP contribution in [0.25, 0.3) is 0 Å². The quantitative estimate of drug-likeness (QED) is 0.267. The molecule has 2 atom stereocenters. The van der Waals surface area contributed by atoms with Crippen molar-refractivity contribution in [3.63, 3.8) is 0 Å². The molecule has 1 N–H and O–H groups in total. The number of rotatable bonds is 8. The Balaban J connectivity index is 2.05. The number of phenols is 1. The highest BCUT2D eigenvalue weighted by Gasteiger charge is 2.32. The SMILES string of the molecule is CCCCC(C)(Pc1ccccc1/C=N/c1ccccc1)c1cc(C(C)(C)C)cc(C)c1O. The fraction of sp³-hybridized carbons (Fsp3) is 0.367. The number of aromatic hydroxyl groups is 1. The van der Waals surface area contributed by atoms with E-state index in [9.17, 15) is 5.11 Å². The lowest BCUT2D eigenvalue weighted by molar-refractivity contribution is 0.445. The van der Waals surface area contributed by atoms with Crippen molar-refractivity contribution in [2.75, 3.05) is 0 Å². The van der Waals surface area contributed by atoms with Gasteiger partial charge in [-0.3, -0.25) is 4.99 Å². The highest BCUT2D eigenvalue weighted by atomic mass is 31.1. The monoisotopic (exact) mass is 459 g/mol. The summed E-state index contributed by atoms with van der Waals surface area (Å²) in [6, 6.07) is 23.0. The fourth-order valence-corrected chi connectivity index (χ4v) is 5.80. The van der Waals surface area contributed by atoms with Crippen molar-refractivity contribution in [1.29, 1.82) is 0 Å². The number of phenolic OH excluding ortho intramolecular Hbond substituents is 1. The molecule has 33 heavy (non-hydrogen) atoms. The van der Waals surface area contributed by atoms with E-state index < -0.39 is 0 Å². The summed E-state index contributed by atoms with van der Waals surface area (Å²) in [6.07, 6.45) is 5.28. The molecule has 3 aromatic carbocycles. The van der Waals surface area contributed by atoms with Crippen molar-refractivity contribution < 1.29 is 5.11 Å². The molecule has 0 spiro atoms. The summed E-state index contributed by atoms with van der Waals surface area (Å²) in [5, 5.41) is 12.3. The highest BCUT2D eigenvalue weighted by Crippen LogP contribution is 2.50. The van der Waals surface area contributed by atoms with Crippen LogP contribution in [0.1, 0.15) is 76.1 Å². The maximum atomic E-state index is 11.2. The summed E-state index contributed by atoms with van der Waals surface area (Å²) in [5.74, 6) is 0.449. The van der Waals surface area contributed by atoms with Gasteiger partial charge in [0.2, 0.25) is 0 Å². The van der Waals surface area contributed by atoms with E-state index in [1.807, 2.05) is 43.5 Å². The summed E-state index contributed by atoms with van der Waals surface area (Å²) < 4.78 is 0. The topological polar surface area (TPSA) is 32.6 Å². The maximum Gasteiger partial charge on any atom is 0.122 e. The summed E-state index contributed by atoms with van der Waals surface area (Å²) in [6.45, 7) is 13.3. The van der Waals surface area contributed by atoms with Gasteiger partial charge in [0.05, 0.1) is 5.69 Å². The third-order valence-corrected chi connectivity index (χ3v) is 8.07. The smallest absolute Gasteiger partial charge is 0.122 e. The molecule has 0 aliphatic carbocycles. The summed E-state index contributed by atoms with van der Waals surface area (Å²) in [4.78, 5) is 4.71. The number of aryl methyl sites for hydroxylation is 1. The van der Waals surface area contributed by atoms with Crippen molar-refractivity contribution in [2.45, 2.75) is 71.4 Å². The number of hydrogen-bond acceptors (Lipinski definition) is 2. The maximum absolute atomic E-state index is 11.2. The number of para-hydroxylation sites is 1. The zero-order chi connectivity index (χ0) is 24.1. The van der Waals surface area contributed by atoms with Crippen molar-refractivity contribution in [1.82, 2.24) is 0 Å². The van der Waals surface area contributed by atoms with E-state index in [-0.39, 0.29) is 10.6 Å². The predicted octanol–water partition coefficient (Wildman–Crippen LogP) is 8.16. The van der Waals surface area contributed by atoms with Crippen molar-refractivity contribution in [2.24, 2.45) is 4.99 Å². The number of nitrogens with zero attached hydrogens (tertiary/aromatic N) is 1. The Kier molecular flexibility index (Phi) is 8.14.